The molecule has 0 saturated carbocycles. The van der Waals surface area contributed by atoms with Crippen LogP contribution in [0.4, 0.5) is 0 Å². The number of rotatable bonds is 2. The molecule has 1 rings (SSSR count). The Balaban J connectivity index is 3.19. The Hall–Kier alpha value is -1.12. The number of hydrogen-bond donors (Lipinski definition) is 0. The van der Waals surface area contributed by atoms with Crippen molar-refractivity contribution in [2.45, 2.75) is 39.7 Å². The van der Waals surface area contributed by atoms with Gasteiger partial charge in [0.2, 0.25) is 0 Å². The number of nitrogens with zero attached hydrogens (tertiary/aromatic N) is 2. The lowest BCUT2D eigenvalue weighted by Crippen LogP contribution is -2.14. The van der Waals surface area contributed by atoms with Crippen molar-refractivity contribution >= 4 is 6.29 Å². The number of aryl methyl sites for hydroxylation is 1. The van der Waals surface area contributed by atoms with Crippen molar-refractivity contribution in [3.05, 3.63) is 17.5 Å². The summed E-state index contributed by atoms with van der Waals surface area (Å²) in [4.78, 5) is 10.7. The lowest BCUT2D eigenvalue weighted by molar-refractivity contribution is 0.112. The molecule has 0 bridgehead atoms. The zero-order valence-corrected chi connectivity index (χ0v) is 8.66. The summed E-state index contributed by atoms with van der Waals surface area (Å²) in [6.07, 6.45) is 2.67. The van der Waals surface area contributed by atoms with Crippen LogP contribution in [0.1, 0.15) is 43.7 Å². The Morgan fingerprint density at radius 1 is 1.54 bits per heavy atom. The lowest BCUT2D eigenvalue weighted by Gasteiger charge is -2.15. The molecule has 0 radical (unpaired) electrons. The van der Waals surface area contributed by atoms with Gasteiger partial charge < -0.3 is 0 Å². The van der Waals surface area contributed by atoms with Crippen LogP contribution in [0.25, 0.3) is 0 Å². The molecule has 0 atom stereocenters. The van der Waals surface area contributed by atoms with Gasteiger partial charge in [0.1, 0.15) is 0 Å². The monoisotopic (exact) mass is 180 g/mol. The van der Waals surface area contributed by atoms with Gasteiger partial charge >= 0.3 is 0 Å². The van der Waals surface area contributed by atoms with E-state index in [0.29, 0.717) is 5.56 Å². The second-order valence-electron chi connectivity index (χ2n) is 4.16. The van der Waals surface area contributed by atoms with Gasteiger partial charge in [-0.2, -0.15) is 5.10 Å². The highest BCUT2D eigenvalue weighted by atomic mass is 16.1. The molecule has 0 unspecified atom stereocenters. The van der Waals surface area contributed by atoms with E-state index >= 15 is 0 Å². The summed E-state index contributed by atoms with van der Waals surface area (Å²) in [6.45, 7) is 8.98. The molecule has 0 aromatic carbocycles. The van der Waals surface area contributed by atoms with Crippen molar-refractivity contribution in [1.82, 2.24) is 9.78 Å². The van der Waals surface area contributed by atoms with Gasteiger partial charge in [-0.15, -0.1) is 0 Å². The van der Waals surface area contributed by atoms with Crippen LogP contribution in [0.3, 0.4) is 0 Å². The summed E-state index contributed by atoms with van der Waals surface area (Å²) in [5.74, 6) is 0. The molecule has 0 amide bonds. The quantitative estimate of drug-likeness (QED) is 0.652. The third-order valence-corrected chi connectivity index (χ3v) is 1.95. The first-order chi connectivity index (χ1) is 5.99. The molecular formula is C10H16N2O. The van der Waals surface area contributed by atoms with Crippen molar-refractivity contribution in [1.29, 1.82) is 0 Å². The summed E-state index contributed by atoms with van der Waals surface area (Å²) in [7, 11) is 0. The molecular weight excluding hydrogens is 164 g/mol. The minimum absolute atomic E-state index is 0.0589. The van der Waals surface area contributed by atoms with Crippen molar-refractivity contribution in [2.24, 2.45) is 0 Å². The lowest BCUT2D eigenvalue weighted by atomic mass is 9.90. The first-order valence-corrected chi connectivity index (χ1v) is 4.52. The molecule has 0 aliphatic rings. The Bertz CT molecular complexity index is 307. The van der Waals surface area contributed by atoms with E-state index in [-0.39, 0.29) is 5.41 Å². The molecule has 3 heteroatoms. The van der Waals surface area contributed by atoms with Crippen LogP contribution in [0.2, 0.25) is 0 Å². The van der Waals surface area contributed by atoms with Crippen LogP contribution in [0.15, 0.2) is 6.20 Å². The zero-order valence-electron chi connectivity index (χ0n) is 8.66. The summed E-state index contributed by atoms with van der Waals surface area (Å²) in [5.41, 5.74) is 1.52. The Morgan fingerprint density at radius 2 is 2.15 bits per heavy atom. The summed E-state index contributed by atoms with van der Waals surface area (Å²) >= 11 is 0. The molecule has 1 aromatic heterocycles. The van der Waals surface area contributed by atoms with Crippen LogP contribution in [-0.4, -0.2) is 16.1 Å². The molecule has 0 saturated heterocycles. The average molecular weight is 180 g/mol. The molecule has 0 fully saturated rings. The Labute approximate surface area is 78.8 Å². The van der Waals surface area contributed by atoms with E-state index in [2.05, 4.69) is 25.9 Å². The maximum atomic E-state index is 10.7. The van der Waals surface area contributed by atoms with Crippen molar-refractivity contribution < 1.29 is 4.79 Å². The maximum absolute atomic E-state index is 10.7. The van der Waals surface area contributed by atoms with Crippen LogP contribution in [-0.2, 0) is 12.0 Å². The fraction of sp³-hybridized carbons (Fsp3) is 0.600. The topological polar surface area (TPSA) is 34.9 Å². The van der Waals surface area contributed by atoms with Crippen molar-refractivity contribution in [3.63, 3.8) is 0 Å². The standard InChI is InChI=1S/C10H16N2O/c1-5-12-6-8(7-13)9(11-12)10(2,3)4/h6-7H,5H2,1-4H3. The second-order valence-corrected chi connectivity index (χ2v) is 4.16. The minimum atomic E-state index is -0.0589. The Kier molecular flexibility index (Phi) is 2.55. The van der Waals surface area contributed by atoms with Crippen molar-refractivity contribution in [2.75, 3.05) is 0 Å². The fourth-order valence-electron chi connectivity index (χ4n) is 1.27. The highest BCUT2D eigenvalue weighted by Gasteiger charge is 2.21. The van der Waals surface area contributed by atoms with E-state index in [0.717, 1.165) is 18.5 Å². The van der Waals surface area contributed by atoms with Crippen LogP contribution in [0.5, 0.6) is 0 Å². The second kappa shape index (κ2) is 3.32. The SMILES string of the molecule is CCn1cc(C=O)c(C(C)(C)C)n1. The fourth-order valence-corrected chi connectivity index (χ4v) is 1.27. The van der Waals surface area contributed by atoms with E-state index in [1.165, 1.54) is 0 Å². The third kappa shape index (κ3) is 1.97. The van der Waals surface area contributed by atoms with Gasteiger partial charge in [0.05, 0.1) is 11.3 Å². The predicted octanol–water partition coefficient (Wildman–Crippen LogP) is 2.01. The highest BCUT2D eigenvalue weighted by molar-refractivity contribution is 5.76. The van der Waals surface area contributed by atoms with Gasteiger partial charge in [0, 0.05) is 18.2 Å². The third-order valence-electron chi connectivity index (χ3n) is 1.95. The van der Waals surface area contributed by atoms with Gasteiger partial charge in [0.25, 0.3) is 0 Å². The van der Waals surface area contributed by atoms with Gasteiger partial charge in [-0.25, -0.2) is 0 Å². The Morgan fingerprint density at radius 3 is 2.46 bits per heavy atom. The number of carbonyl (C=O) groups is 1. The van der Waals surface area contributed by atoms with E-state index in [9.17, 15) is 4.79 Å². The molecule has 1 aromatic rings. The molecule has 0 aliphatic carbocycles. The maximum Gasteiger partial charge on any atom is 0.153 e. The van der Waals surface area contributed by atoms with Crippen LogP contribution in [0, 0.1) is 0 Å². The molecule has 0 aliphatic heterocycles. The molecule has 0 N–H and O–H groups in total. The van der Waals surface area contributed by atoms with Gasteiger partial charge in [-0.3, -0.25) is 9.48 Å². The van der Waals surface area contributed by atoms with Gasteiger partial charge in [-0.05, 0) is 6.92 Å². The number of aldehydes is 1. The largest absolute Gasteiger partial charge is 0.298 e. The molecule has 0 spiro atoms. The zero-order chi connectivity index (χ0) is 10.1. The van der Waals surface area contributed by atoms with E-state index < -0.39 is 0 Å². The first-order valence-electron chi connectivity index (χ1n) is 4.52. The smallest absolute Gasteiger partial charge is 0.153 e. The number of hydrogen-bond acceptors (Lipinski definition) is 2. The highest BCUT2D eigenvalue weighted by Crippen LogP contribution is 2.22. The van der Waals surface area contributed by atoms with Crippen LogP contribution < -0.4 is 0 Å². The van der Waals surface area contributed by atoms with Crippen molar-refractivity contribution in [3.8, 4) is 0 Å². The summed E-state index contributed by atoms with van der Waals surface area (Å²) in [6, 6.07) is 0. The van der Waals surface area contributed by atoms with E-state index in [1.807, 2.05) is 6.92 Å². The minimum Gasteiger partial charge on any atom is -0.298 e. The molecule has 72 valence electrons. The average Bonchev–Trinajstić information content (AvgIpc) is 2.46. The molecule has 3 nitrogen and oxygen atoms in total. The van der Waals surface area contributed by atoms with Gasteiger partial charge in [0.15, 0.2) is 6.29 Å². The summed E-state index contributed by atoms with van der Waals surface area (Å²) in [5, 5.41) is 4.36. The first kappa shape index (κ1) is 9.96. The summed E-state index contributed by atoms with van der Waals surface area (Å²) < 4.78 is 1.80. The number of carbonyl (C=O) groups excluding carboxylic acids is 1. The van der Waals surface area contributed by atoms with Gasteiger partial charge in [-0.1, -0.05) is 20.8 Å². The predicted molar refractivity (Wildman–Crippen MR) is 52.0 cm³/mol. The molecule has 13 heavy (non-hydrogen) atoms. The van der Waals surface area contributed by atoms with E-state index in [4.69, 9.17) is 0 Å². The van der Waals surface area contributed by atoms with Crippen LogP contribution >= 0.6 is 0 Å². The van der Waals surface area contributed by atoms with E-state index in [1.54, 1.807) is 10.9 Å². The molecule has 1 heterocycles. The number of aromatic nitrogens is 2. The normalized spacial score (nSPS) is 11.7.